The number of rotatable bonds is 1. The molecule has 0 fully saturated rings. The molecule has 1 aliphatic rings. The molecule has 0 heterocycles. The van der Waals surface area contributed by atoms with Crippen molar-refractivity contribution < 1.29 is 0 Å². The van der Waals surface area contributed by atoms with E-state index in [9.17, 15) is 0 Å². The molecule has 0 N–H and O–H groups in total. The number of fused-ring (bicyclic) bond motifs is 1. The Morgan fingerprint density at radius 2 is 1.94 bits per heavy atom. The minimum absolute atomic E-state index is 1.07. The Balaban J connectivity index is 2.34. The van der Waals surface area contributed by atoms with Crippen molar-refractivity contribution >= 4 is 16.3 Å². The molecular formula is C16H14. The number of aryl methyl sites for hydroxylation is 1. The lowest BCUT2D eigenvalue weighted by molar-refractivity contribution is 1.45. The molecule has 2 aromatic carbocycles. The summed E-state index contributed by atoms with van der Waals surface area (Å²) in [4.78, 5) is 0. The summed E-state index contributed by atoms with van der Waals surface area (Å²) in [6.45, 7) is 2.16. The fourth-order valence-electron chi connectivity index (χ4n) is 2.36. The van der Waals surface area contributed by atoms with Crippen LogP contribution in [0.25, 0.3) is 16.3 Å². The quantitative estimate of drug-likeness (QED) is 0.644. The summed E-state index contributed by atoms with van der Waals surface area (Å²) in [6.07, 6.45) is 7.80. The van der Waals surface area contributed by atoms with E-state index in [1.165, 1.54) is 27.5 Å². The molecule has 0 saturated carbocycles. The molecular weight excluding hydrogens is 192 g/mol. The highest BCUT2D eigenvalue weighted by Crippen LogP contribution is 2.29. The average molecular weight is 206 g/mol. The molecule has 3 rings (SSSR count). The van der Waals surface area contributed by atoms with Gasteiger partial charge in [0.05, 0.1) is 0 Å². The standard InChI is InChI=1S/C16H14/c1-12-10-14-8-4-5-9-15(14)16(11-12)13-6-2-3-7-13/h2,4-11H,3H2,1H3. The second-order valence-electron chi connectivity index (χ2n) is 4.33. The van der Waals surface area contributed by atoms with Crippen LogP contribution in [0.5, 0.6) is 0 Å². The van der Waals surface area contributed by atoms with Crippen LogP contribution in [0.1, 0.15) is 17.5 Å². The summed E-state index contributed by atoms with van der Waals surface area (Å²) >= 11 is 0. The van der Waals surface area contributed by atoms with Crippen LogP contribution in [0.15, 0.2) is 54.6 Å². The molecule has 2 aromatic rings. The lowest BCUT2D eigenvalue weighted by atomic mass is 9.96. The third-order valence-electron chi connectivity index (χ3n) is 3.09. The summed E-state index contributed by atoms with van der Waals surface area (Å²) in [5, 5.41) is 2.68. The van der Waals surface area contributed by atoms with E-state index in [0.717, 1.165) is 6.42 Å². The monoisotopic (exact) mass is 206 g/mol. The van der Waals surface area contributed by atoms with Crippen LogP contribution in [0.4, 0.5) is 0 Å². The molecule has 1 aliphatic carbocycles. The van der Waals surface area contributed by atoms with E-state index < -0.39 is 0 Å². The van der Waals surface area contributed by atoms with E-state index in [4.69, 9.17) is 0 Å². The summed E-state index contributed by atoms with van der Waals surface area (Å²) < 4.78 is 0. The Labute approximate surface area is 95.9 Å². The van der Waals surface area contributed by atoms with Gasteiger partial charge in [-0.1, -0.05) is 54.6 Å². The zero-order chi connectivity index (χ0) is 11.0. The number of hydrogen-bond acceptors (Lipinski definition) is 0. The molecule has 0 bridgehead atoms. The fourth-order valence-corrected chi connectivity index (χ4v) is 2.36. The minimum atomic E-state index is 1.07. The van der Waals surface area contributed by atoms with Gasteiger partial charge in [0.2, 0.25) is 0 Å². The molecule has 0 nitrogen and oxygen atoms in total. The Hall–Kier alpha value is -1.82. The topological polar surface area (TPSA) is 0 Å². The maximum atomic E-state index is 2.29. The third-order valence-corrected chi connectivity index (χ3v) is 3.09. The Bertz CT molecular complexity index is 600. The van der Waals surface area contributed by atoms with Crippen molar-refractivity contribution in [3.63, 3.8) is 0 Å². The van der Waals surface area contributed by atoms with Gasteiger partial charge in [-0.2, -0.15) is 0 Å². The van der Waals surface area contributed by atoms with Crippen molar-refractivity contribution in [2.45, 2.75) is 13.3 Å². The maximum Gasteiger partial charge on any atom is -0.0105 e. The highest BCUT2D eigenvalue weighted by Gasteiger charge is 2.06. The third kappa shape index (κ3) is 1.47. The first-order valence-corrected chi connectivity index (χ1v) is 5.71. The Kier molecular flexibility index (Phi) is 2.14. The first-order chi connectivity index (χ1) is 7.84. The molecule has 16 heavy (non-hydrogen) atoms. The second-order valence-corrected chi connectivity index (χ2v) is 4.33. The van der Waals surface area contributed by atoms with Crippen LogP contribution >= 0.6 is 0 Å². The normalized spacial score (nSPS) is 14.4. The molecule has 0 saturated heterocycles. The number of hydrogen-bond donors (Lipinski definition) is 0. The minimum Gasteiger partial charge on any atom is -0.0801 e. The van der Waals surface area contributed by atoms with E-state index in [2.05, 4.69) is 61.5 Å². The molecule has 0 atom stereocenters. The van der Waals surface area contributed by atoms with Gasteiger partial charge in [0.25, 0.3) is 0 Å². The SMILES string of the molecule is Cc1cc(C2=CCC=C2)c2ccccc2c1. The second kappa shape index (κ2) is 3.64. The van der Waals surface area contributed by atoms with Gasteiger partial charge in [0.15, 0.2) is 0 Å². The largest absolute Gasteiger partial charge is 0.0801 e. The van der Waals surface area contributed by atoms with Crippen LogP contribution in [0.3, 0.4) is 0 Å². The van der Waals surface area contributed by atoms with Gasteiger partial charge < -0.3 is 0 Å². The summed E-state index contributed by atoms with van der Waals surface area (Å²) in [5.74, 6) is 0. The van der Waals surface area contributed by atoms with Gasteiger partial charge in [0, 0.05) is 0 Å². The number of allylic oxidation sites excluding steroid dienone is 4. The van der Waals surface area contributed by atoms with Crippen molar-refractivity contribution in [3.05, 3.63) is 65.8 Å². The smallest absolute Gasteiger partial charge is 0.0105 e. The fraction of sp³-hybridized carbons (Fsp3) is 0.125. The molecule has 0 heteroatoms. The van der Waals surface area contributed by atoms with E-state index in [1.54, 1.807) is 0 Å². The van der Waals surface area contributed by atoms with E-state index in [1.807, 2.05) is 0 Å². The average Bonchev–Trinajstić information content (AvgIpc) is 2.81. The predicted octanol–water partition coefficient (Wildman–Crippen LogP) is 4.49. The van der Waals surface area contributed by atoms with Crippen LogP contribution in [0, 0.1) is 6.92 Å². The number of benzene rings is 2. The van der Waals surface area contributed by atoms with E-state index in [-0.39, 0.29) is 0 Å². The van der Waals surface area contributed by atoms with Crippen molar-refractivity contribution in [2.75, 3.05) is 0 Å². The predicted molar refractivity (Wildman–Crippen MR) is 70.4 cm³/mol. The van der Waals surface area contributed by atoms with Crippen molar-refractivity contribution in [1.82, 2.24) is 0 Å². The van der Waals surface area contributed by atoms with Crippen molar-refractivity contribution in [2.24, 2.45) is 0 Å². The van der Waals surface area contributed by atoms with Gasteiger partial charge in [-0.05, 0) is 40.8 Å². The lowest BCUT2D eigenvalue weighted by Crippen LogP contribution is -1.85. The molecule has 0 aliphatic heterocycles. The highest BCUT2D eigenvalue weighted by atomic mass is 14.1. The first-order valence-electron chi connectivity index (χ1n) is 5.71. The van der Waals surface area contributed by atoms with Gasteiger partial charge in [-0.15, -0.1) is 0 Å². The Morgan fingerprint density at radius 3 is 2.75 bits per heavy atom. The van der Waals surface area contributed by atoms with Gasteiger partial charge in [0.1, 0.15) is 0 Å². The summed E-state index contributed by atoms with van der Waals surface area (Å²) in [5.41, 5.74) is 4.05. The van der Waals surface area contributed by atoms with Crippen molar-refractivity contribution in [3.8, 4) is 0 Å². The lowest BCUT2D eigenvalue weighted by Gasteiger charge is -2.08. The van der Waals surface area contributed by atoms with Crippen molar-refractivity contribution in [1.29, 1.82) is 0 Å². The zero-order valence-electron chi connectivity index (χ0n) is 9.40. The maximum absolute atomic E-state index is 2.29. The molecule has 0 unspecified atom stereocenters. The summed E-state index contributed by atoms with van der Waals surface area (Å²) in [6, 6.07) is 13.1. The summed E-state index contributed by atoms with van der Waals surface area (Å²) in [7, 11) is 0. The van der Waals surface area contributed by atoms with Gasteiger partial charge >= 0.3 is 0 Å². The van der Waals surface area contributed by atoms with E-state index in [0.29, 0.717) is 0 Å². The first kappa shape index (κ1) is 9.41. The Morgan fingerprint density at radius 1 is 1.06 bits per heavy atom. The highest BCUT2D eigenvalue weighted by molar-refractivity contribution is 5.97. The van der Waals surface area contributed by atoms with Crippen LogP contribution in [-0.2, 0) is 0 Å². The van der Waals surface area contributed by atoms with E-state index >= 15 is 0 Å². The molecule has 0 radical (unpaired) electrons. The van der Waals surface area contributed by atoms with Crippen LogP contribution in [-0.4, -0.2) is 0 Å². The van der Waals surface area contributed by atoms with Crippen LogP contribution in [0.2, 0.25) is 0 Å². The van der Waals surface area contributed by atoms with Crippen LogP contribution < -0.4 is 0 Å². The molecule has 0 aromatic heterocycles. The molecule has 0 amide bonds. The van der Waals surface area contributed by atoms with Gasteiger partial charge in [-0.25, -0.2) is 0 Å². The zero-order valence-corrected chi connectivity index (χ0v) is 9.40. The molecule has 78 valence electrons. The van der Waals surface area contributed by atoms with Gasteiger partial charge in [-0.3, -0.25) is 0 Å². The molecule has 0 spiro atoms.